The number of nitrogens with zero attached hydrogens (tertiary/aromatic N) is 3. The number of aromatic nitrogens is 3. The number of hydrogen-bond donors (Lipinski definition) is 2. The number of carboxylic acid groups (broad SMARTS) is 1. The van der Waals surface area contributed by atoms with Crippen molar-refractivity contribution in [3.8, 4) is 0 Å². The first-order valence-corrected chi connectivity index (χ1v) is 5.87. The van der Waals surface area contributed by atoms with Gasteiger partial charge in [-0.25, -0.2) is 14.8 Å². The van der Waals surface area contributed by atoms with Gasteiger partial charge < -0.3 is 10.4 Å². The molecule has 98 valence electrons. The number of hydrogen-bond acceptors (Lipinski definition) is 5. The van der Waals surface area contributed by atoms with Gasteiger partial charge in [-0.3, -0.25) is 4.98 Å². The molecule has 0 aromatic carbocycles. The summed E-state index contributed by atoms with van der Waals surface area (Å²) < 4.78 is 0. The Bertz CT molecular complexity index is 572. The van der Waals surface area contributed by atoms with E-state index >= 15 is 0 Å². The summed E-state index contributed by atoms with van der Waals surface area (Å²) in [7, 11) is 0. The van der Waals surface area contributed by atoms with Crippen LogP contribution >= 0.6 is 0 Å². The van der Waals surface area contributed by atoms with Gasteiger partial charge in [-0.1, -0.05) is 6.07 Å². The molecule has 0 saturated carbocycles. The van der Waals surface area contributed by atoms with E-state index in [0.717, 1.165) is 12.0 Å². The molecule has 0 aliphatic carbocycles. The van der Waals surface area contributed by atoms with Crippen LogP contribution in [-0.2, 0) is 6.42 Å². The van der Waals surface area contributed by atoms with Crippen LogP contribution in [0.5, 0.6) is 0 Å². The quantitative estimate of drug-likeness (QED) is 0.845. The molecule has 6 heteroatoms. The largest absolute Gasteiger partial charge is 0.477 e. The first-order chi connectivity index (χ1) is 9.15. The zero-order valence-corrected chi connectivity index (χ0v) is 10.5. The van der Waals surface area contributed by atoms with Crippen LogP contribution in [0.15, 0.2) is 30.6 Å². The molecule has 0 saturated heterocycles. The molecule has 19 heavy (non-hydrogen) atoms. The number of pyridine rings is 1. The lowest BCUT2D eigenvalue weighted by Gasteiger charge is -2.06. The normalized spacial score (nSPS) is 10.2. The molecule has 0 bridgehead atoms. The first-order valence-electron chi connectivity index (χ1n) is 5.87. The highest BCUT2D eigenvalue weighted by atomic mass is 16.4. The molecule has 0 fully saturated rings. The number of carboxylic acids is 1. The Labute approximate surface area is 110 Å². The van der Waals surface area contributed by atoms with Crippen molar-refractivity contribution in [3.05, 3.63) is 47.5 Å². The molecular formula is C13H14N4O2. The van der Waals surface area contributed by atoms with Gasteiger partial charge in [0.05, 0.1) is 0 Å². The smallest absolute Gasteiger partial charge is 0.354 e. The zero-order chi connectivity index (χ0) is 13.7. The second kappa shape index (κ2) is 5.90. The number of carbonyl (C=O) groups is 1. The van der Waals surface area contributed by atoms with Gasteiger partial charge in [-0.05, 0) is 31.0 Å². The first kappa shape index (κ1) is 12.9. The van der Waals surface area contributed by atoms with Gasteiger partial charge in [0.15, 0.2) is 5.69 Å². The van der Waals surface area contributed by atoms with Crippen LogP contribution in [0, 0.1) is 6.92 Å². The van der Waals surface area contributed by atoms with Crippen molar-refractivity contribution in [1.29, 1.82) is 0 Å². The van der Waals surface area contributed by atoms with Gasteiger partial charge in [-0.15, -0.1) is 0 Å². The number of aromatic carboxylic acids is 1. The molecule has 0 aliphatic rings. The summed E-state index contributed by atoms with van der Waals surface area (Å²) in [5.74, 6) is -0.720. The van der Waals surface area contributed by atoms with E-state index in [9.17, 15) is 4.79 Å². The molecule has 2 aromatic heterocycles. The van der Waals surface area contributed by atoms with E-state index in [0.29, 0.717) is 18.2 Å². The third kappa shape index (κ3) is 3.74. The molecule has 2 rings (SSSR count). The van der Waals surface area contributed by atoms with E-state index in [-0.39, 0.29) is 5.69 Å². The Kier molecular flexibility index (Phi) is 4.02. The molecule has 0 unspecified atom stereocenters. The molecule has 0 atom stereocenters. The van der Waals surface area contributed by atoms with Gasteiger partial charge in [-0.2, -0.15) is 0 Å². The second-order valence-corrected chi connectivity index (χ2v) is 4.06. The Hall–Kier alpha value is -2.50. The molecule has 0 radical (unpaired) electrons. The Balaban J connectivity index is 1.98. The molecule has 0 aliphatic heterocycles. The van der Waals surface area contributed by atoms with Crippen molar-refractivity contribution in [2.24, 2.45) is 0 Å². The summed E-state index contributed by atoms with van der Waals surface area (Å²) in [5, 5.41) is 11.9. The van der Waals surface area contributed by atoms with E-state index < -0.39 is 5.97 Å². The van der Waals surface area contributed by atoms with Crippen molar-refractivity contribution < 1.29 is 9.90 Å². The van der Waals surface area contributed by atoms with Crippen molar-refractivity contribution in [2.45, 2.75) is 13.3 Å². The number of aryl methyl sites for hydroxylation is 1. The van der Waals surface area contributed by atoms with Crippen LogP contribution in [0.25, 0.3) is 0 Å². The third-order valence-electron chi connectivity index (χ3n) is 2.49. The fourth-order valence-electron chi connectivity index (χ4n) is 1.62. The monoisotopic (exact) mass is 258 g/mol. The van der Waals surface area contributed by atoms with Crippen LogP contribution in [0.2, 0.25) is 0 Å². The highest BCUT2D eigenvalue weighted by Crippen LogP contribution is 2.05. The van der Waals surface area contributed by atoms with Crippen LogP contribution in [0.3, 0.4) is 0 Å². The van der Waals surface area contributed by atoms with Crippen molar-refractivity contribution >= 4 is 11.9 Å². The Morgan fingerprint density at radius 3 is 2.95 bits per heavy atom. The van der Waals surface area contributed by atoms with E-state index in [2.05, 4.69) is 20.3 Å². The lowest BCUT2D eigenvalue weighted by Crippen LogP contribution is -2.11. The van der Waals surface area contributed by atoms with E-state index in [1.807, 2.05) is 12.1 Å². The predicted octanol–water partition coefficient (Wildman–Crippen LogP) is 1.53. The molecule has 2 heterocycles. The van der Waals surface area contributed by atoms with Crippen LogP contribution in [0.1, 0.15) is 21.7 Å². The van der Waals surface area contributed by atoms with E-state index in [4.69, 9.17) is 5.11 Å². The number of rotatable bonds is 5. The summed E-state index contributed by atoms with van der Waals surface area (Å²) in [6.45, 7) is 2.36. The van der Waals surface area contributed by atoms with Gasteiger partial charge in [0.25, 0.3) is 0 Å². The van der Waals surface area contributed by atoms with Gasteiger partial charge in [0.1, 0.15) is 0 Å². The summed E-state index contributed by atoms with van der Waals surface area (Å²) in [5.41, 5.74) is 1.72. The predicted molar refractivity (Wildman–Crippen MR) is 70.2 cm³/mol. The summed E-state index contributed by atoms with van der Waals surface area (Å²) in [6.07, 6.45) is 4.29. The maximum Gasteiger partial charge on any atom is 0.354 e. The molecule has 6 nitrogen and oxygen atoms in total. The minimum atomic E-state index is -1.05. The van der Waals surface area contributed by atoms with Crippen LogP contribution in [0.4, 0.5) is 5.95 Å². The Morgan fingerprint density at radius 1 is 1.42 bits per heavy atom. The molecule has 0 spiro atoms. The van der Waals surface area contributed by atoms with Crippen LogP contribution in [-0.4, -0.2) is 32.6 Å². The summed E-state index contributed by atoms with van der Waals surface area (Å²) in [4.78, 5) is 23.0. The van der Waals surface area contributed by atoms with Crippen molar-refractivity contribution in [2.75, 3.05) is 11.9 Å². The fraction of sp³-hybridized carbons (Fsp3) is 0.231. The lowest BCUT2D eigenvalue weighted by molar-refractivity contribution is 0.0690. The van der Waals surface area contributed by atoms with E-state index in [1.54, 1.807) is 19.3 Å². The molecule has 2 N–H and O–H groups in total. The van der Waals surface area contributed by atoms with Gasteiger partial charge >= 0.3 is 5.97 Å². The molecule has 2 aromatic rings. The fourth-order valence-corrected chi connectivity index (χ4v) is 1.62. The average molecular weight is 258 g/mol. The lowest BCUT2D eigenvalue weighted by atomic mass is 10.2. The highest BCUT2D eigenvalue weighted by molar-refractivity contribution is 5.85. The Morgan fingerprint density at radius 2 is 2.26 bits per heavy atom. The van der Waals surface area contributed by atoms with Gasteiger partial charge in [0, 0.05) is 24.6 Å². The highest BCUT2D eigenvalue weighted by Gasteiger charge is 2.08. The maximum atomic E-state index is 10.9. The minimum Gasteiger partial charge on any atom is -0.477 e. The SMILES string of the molecule is Cc1cc(C(=O)O)nc(NCCc2cccnc2)n1. The van der Waals surface area contributed by atoms with E-state index in [1.165, 1.54) is 6.07 Å². The van der Waals surface area contributed by atoms with Crippen molar-refractivity contribution in [1.82, 2.24) is 15.0 Å². The summed E-state index contributed by atoms with van der Waals surface area (Å²) in [6, 6.07) is 5.30. The number of nitrogens with one attached hydrogen (secondary N) is 1. The summed E-state index contributed by atoms with van der Waals surface area (Å²) >= 11 is 0. The average Bonchev–Trinajstić information content (AvgIpc) is 2.39. The molecule has 0 amide bonds. The second-order valence-electron chi connectivity index (χ2n) is 4.06. The maximum absolute atomic E-state index is 10.9. The zero-order valence-electron chi connectivity index (χ0n) is 10.5. The van der Waals surface area contributed by atoms with Gasteiger partial charge in [0.2, 0.25) is 5.95 Å². The third-order valence-corrected chi connectivity index (χ3v) is 2.49. The van der Waals surface area contributed by atoms with Crippen molar-refractivity contribution in [3.63, 3.8) is 0 Å². The topological polar surface area (TPSA) is 88.0 Å². The standard InChI is InChI=1S/C13H14N4O2/c1-9-7-11(12(18)19)17-13(16-9)15-6-4-10-3-2-5-14-8-10/h2-3,5,7-8H,4,6H2,1H3,(H,18,19)(H,15,16,17). The molecular weight excluding hydrogens is 244 g/mol. The minimum absolute atomic E-state index is 0.00335. The van der Waals surface area contributed by atoms with Crippen LogP contribution < -0.4 is 5.32 Å². The number of anilines is 1.